The van der Waals surface area contributed by atoms with Crippen LogP contribution in [0.15, 0.2) is 18.2 Å². The van der Waals surface area contributed by atoms with Crippen LogP contribution in [0.2, 0.25) is 0 Å². The Morgan fingerprint density at radius 2 is 2.00 bits per heavy atom. The fraction of sp³-hybridized carbons (Fsp3) is 0.500. The number of hydrogen-bond donors (Lipinski definition) is 2. The molecule has 0 aromatic heterocycles. The number of nitrogens with one attached hydrogen (secondary N) is 2. The first-order valence-electron chi connectivity index (χ1n) is 5.68. The van der Waals surface area contributed by atoms with Crippen LogP contribution in [-0.2, 0) is 11.6 Å². The molecule has 2 N–H and O–H groups in total. The molecule has 0 amide bonds. The summed E-state index contributed by atoms with van der Waals surface area (Å²) in [7, 11) is 0. The maximum absolute atomic E-state index is 12.7. The molecule has 1 aromatic rings. The van der Waals surface area contributed by atoms with Gasteiger partial charge >= 0.3 is 6.18 Å². The van der Waals surface area contributed by atoms with E-state index in [4.69, 9.17) is 0 Å². The Bertz CT molecular complexity index is 448. The van der Waals surface area contributed by atoms with Gasteiger partial charge in [-0.3, -0.25) is 0 Å². The van der Waals surface area contributed by atoms with Crippen molar-refractivity contribution in [1.29, 1.82) is 0 Å². The van der Waals surface area contributed by atoms with Crippen molar-refractivity contribution in [3.63, 3.8) is 0 Å². The van der Waals surface area contributed by atoms with Gasteiger partial charge in [-0.1, -0.05) is 0 Å². The van der Waals surface area contributed by atoms with Crippen LogP contribution in [0.4, 0.5) is 18.9 Å². The summed E-state index contributed by atoms with van der Waals surface area (Å²) >= 11 is 0. The standard InChI is InChI=1S/C12H13F3N2/c13-12(14,15)8-1-2-10-9(5-8)11(7-17-10)3-4-16-6-11/h1-2,5,16-17H,3-4,6-7H2. The Morgan fingerprint density at radius 3 is 2.65 bits per heavy atom. The number of halogens is 3. The van der Waals surface area contributed by atoms with E-state index >= 15 is 0 Å². The van der Waals surface area contributed by atoms with Gasteiger partial charge < -0.3 is 10.6 Å². The number of anilines is 1. The van der Waals surface area contributed by atoms with E-state index in [-0.39, 0.29) is 5.41 Å². The first kappa shape index (κ1) is 10.9. The predicted molar refractivity (Wildman–Crippen MR) is 59.1 cm³/mol. The fourth-order valence-electron chi connectivity index (χ4n) is 2.80. The van der Waals surface area contributed by atoms with Crippen molar-refractivity contribution in [2.75, 3.05) is 25.0 Å². The largest absolute Gasteiger partial charge is 0.416 e. The molecular formula is C12H13F3N2. The van der Waals surface area contributed by atoms with Crippen LogP contribution in [0.3, 0.4) is 0 Å². The molecule has 2 nitrogen and oxygen atoms in total. The zero-order valence-electron chi connectivity index (χ0n) is 9.19. The molecule has 1 saturated heterocycles. The number of hydrogen-bond acceptors (Lipinski definition) is 2. The van der Waals surface area contributed by atoms with Gasteiger partial charge in [-0.2, -0.15) is 13.2 Å². The van der Waals surface area contributed by atoms with Crippen molar-refractivity contribution >= 4 is 5.69 Å². The molecular weight excluding hydrogens is 229 g/mol. The van der Waals surface area contributed by atoms with Gasteiger partial charge in [0.2, 0.25) is 0 Å². The highest BCUT2D eigenvalue weighted by atomic mass is 19.4. The zero-order valence-corrected chi connectivity index (χ0v) is 9.19. The summed E-state index contributed by atoms with van der Waals surface area (Å²) in [4.78, 5) is 0. The van der Waals surface area contributed by atoms with Crippen molar-refractivity contribution < 1.29 is 13.2 Å². The van der Waals surface area contributed by atoms with Crippen molar-refractivity contribution in [1.82, 2.24) is 5.32 Å². The summed E-state index contributed by atoms with van der Waals surface area (Å²) in [5, 5.41) is 6.44. The normalized spacial score (nSPS) is 27.2. The summed E-state index contributed by atoms with van der Waals surface area (Å²) in [5.74, 6) is 0. The van der Waals surface area contributed by atoms with E-state index in [1.807, 2.05) is 0 Å². The molecule has 0 saturated carbocycles. The highest BCUT2D eigenvalue weighted by Gasteiger charge is 2.43. The molecule has 2 aliphatic heterocycles. The second-order valence-electron chi connectivity index (χ2n) is 4.82. The first-order valence-corrected chi connectivity index (χ1v) is 5.68. The molecule has 0 radical (unpaired) electrons. The maximum Gasteiger partial charge on any atom is 0.416 e. The van der Waals surface area contributed by atoms with Crippen LogP contribution in [0, 0.1) is 0 Å². The molecule has 0 bridgehead atoms. The second kappa shape index (κ2) is 3.38. The highest BCUT2D eigenvalue weighted by Crippen LogP contribution is 2.43. The zero-order chi connectivity index (χ0) is 12.1. The summed E-state index contributed by atoms with van der Waals surface area (Å²) in [6.07, 6.45) is -3.36. The Morgan fingerprint density at radius 1 is 1.18 bits per heavy atom. The SMILES string of the molecule is FC(F)(F)c1ccc2c(c1)C1(CCNC1)CN2. The van der Waals surface area contributed by atoms with Gasteiger partial charge in [0, 0.05) is 24.2 Å². The Hall–Kier alpha value is -1.23. The highest BCUT2D eigenvalue weighted by molar-refractivity contribution is 5.62. The smallest absolute Gasteiger partial charge is 0.384 e. The monoisotopic (exact) mass is 242 g/mol. The molecule has 1 unspecified atom stereocenters. The molecule has 5 heteroatoms. The fourth-order valence-corrected chi connectivity index (χ4v) is 2.80. The topological polar surface area (TPSA) is 24.1 Å². The summed E-state index contributed by atoms with van der Waals surface area (Å²) in [6.45, 7) is 2.36. The number of fused-ring (bicyclic) bond motifs is 2. The summed E-state index contributed by atoms with van der Waals surface area (Å²) in [5.41, 5.74) is 0.974. The average molecular weight is 242 g/mol. The maximum atomic E-state index is 12.7. The third-order valence-electron chi connectivity index (χ3n) is 3.78. The second-order valence-corrected chi connectivity index (χ2v) is 4.82. The van der Waals surface area contributed by atoms with Crippen LogP contribution in [0.25, 0.3) is 0 Å². The lowest BCUT2D eigenvalue weighted by Crippen LogP contribution is -2.31. The van der Waals surface area contributed by atoms with Gasteiger partial charge in [0.1, 0.15) is 0 Å². The molecule has 1 atom stereocenters. The molecule has 1 aromatic carbocycles. The van der Waals surface area contributed by atoms with Crippen molar-refractivity contribution in [3.8, 4) is 0 Å². The van der Waals surface area contributed by atoms with E-state index in [1.165, 1.54) is 6.07 Å². The van der Waals surface area contributed by atoms with Crippen molar-refractivity contribution in [2.45, 2.75) is 18.0 Å². The van der Waals surface area contributed by atoms with Gasteiger partial charge in [-0.15, -0.1) is 0 Å². The van der Waals surface area contributed by atoms with Gasteiger partial charge in [-0.25, -0.2) is 0 Å². The van der Waals surface area contributed by atoms with Crippen LogP contribution >= 0.6 is 0 Å². The van der Waals surface area contributed by atoms with E-state index in [0.29, 0.717) is 0 Å². The van der Waals surface area contributed by atoms with Gasteiger partial charge in [-0.05, 0) is 36.7 Å². The molecule has 17 heavy (non-hydrogen) atoms. The summed E-state index contributed by atoms with van der Waals surface area (Å²) in [6, 6.07) is 4.00. The molecule has 1 fully saturated rings. The third-order valence-corrected chi connectivity index (χ3v) is 3.78. The minimum atomic E-state index is -4.26. The number of alkyl halides is 3. The lowest BCUT2D eigenvalue weighted by atomic mass is 9.81. The number of rotatable bonds is 0. The Balaban J connectivity index is 2.07. The minimum Gasteiger partial charge on any atom is -0.384 e. The predicted octanol–water partition coefficient (Wildman–Crippen LogP) is 2.36. The molecule has 0 aliphatic carbocycles. The molecule has 1 spiro atoms. The van der Waals surface area contributed by atoms with Gasteiger partial charge in [0.15, 0.2) is 0 Å². The van der Waals surface area contributed by atoms with Crippen molar-refractivity contribution in [3.05, 3.63) is 29.3 Å². The quantitative estimate of drug-likeness (QED) is 0.729. The first-order chi connectivity index (χ1) is 8.01. The van der Waals surface area contributed by atoms with Crippen LogP contribution in [-0.4, -0.2) is 19.6 Å². The molecule has 92 valence electrons. The lowest BCUT2D eigenvalue weighted by Gasteiger charge is -2.22. The molecule has 3 rings (SSSR count). The van der Waals surface area contributed by atoms with E-state index in [0.717, 1.165) is 43.4 Å². The minimum absolute atomic E-state index is 0.142. The Labute approximate surface area is 97.2 Å². The van der Waals surface area contributed by atoms with E-state index in [2.05, 4.69) is 10.6 Å². The molecule has 2 aliphatic rings. The average Bonchev–Trinajstić information content (AvgIpc) is 2.87. The van der Waals surface area contributed by atoms with Gasteiger partial charge in [0.05, 0.1) is 5.56 Å². The van der Waals surface area contributed by atoms with Crippen LogP contribution in [0.1, 0.15) is 17.5 Å². The van der Waals surface area contributed by atoms with E-state index < -0.39 is 11.7 Å². The molecule has 2 heterocycles. The van der Waals surface area contributed by atoms with Gasteiger partial charge in [0.25, 0.3) is 0 Å². The summed E-state index contributed by atoms with van der Waals surface area (Å²) < 4.78 is 38.1. The van der Waals surface area contributed by atoms with E-state index in [9.17, 15) is 13.2 Å². The van der Waals surface area contributed by atoms with Crippen LogP contribution in [0.5, 0.6) is 0 Å². The lowest BCUT2D eigenvalue weighted by molar-refractivity contribution is -0.137. The van der Waals surface area contributed by atoms with E-state index in [1.54, 1.807) is 6.07 Å². The number of benzene rings is 1. The Kier molecular flexibility index (Phi) is 2.17. The van der Waals surface area contributed by atoms with Crippen molar-refractivity contribution in [2.24, 2.45) is 0 Å². The third kappa shape index (κ3) is 1.60. The van der Waals surface area contributed by atoms with Crippen LogP contribution < -0.4 is 10.6 Å².